The average molecular weight is 1400 g/mol. The molecule has 0 spiro atoms. The molecule has 1 radical (unpaired) electrons. The van der Waals surface area contributed by atoms with Gasteiger partial charge in [0.1, 0.15) is 7.00 Å². The minimum atomic E-state index is 0. The van der Waals surface area contributed by atoms with Crippen molar-refractivity contribution in [1.82, 2.24) is 29.9 Å². The van der Waals surface area contributed by atoms with Gasteiger partial charge < -0.3 is 0 Å². The molecule has 6 nitrogen and oxygen atoms in total. The summed E-state index contributed by atoms with van der Waals surface area (Å²) in [5, 5.41) is 15.6. The van der Waals surface area contributed by atoms with Gasteiger partial charge in [0.15, 0.2) is 0 Å². The second-order valence-corrected chi connectivity index (χ2v) is 27.5. The summed E-state index contributed by atoms with van der Waals surface area (Å²) in [7, 11) is 2.45. The summed E-state index contributed by atoms with van der Waals surface area (Å²) in [6.07, 6.45) is 7.66. The maximum absolute atomic E-state index is 4.93. The van der Waals surface area contributed by atoms with E-state index in [2.05, 4.69) is 335 Å². The summed E-state index contributed by atoms with van der Waals surface area (Å²) in [5.41, 5.74) is 25.5. The molecule has 6 aromatic heterocycles. The molecule has 0 saturated carbocycles. The van der Waals surface area contributed by atoms with Gasteiger partial charge in [-0.05, 0) is 190 Å². The second-order valence-electron chi connectivity index (χ2n) is 26.9. The highest BCUT2D eigenvalue weighted by Crippen LogP contribution is 2.47. The standard InChI is InChI=1S/C48H30N2.C26H20N2.C24H16N2.CH5BP.CH4/c1-3-11-33-25-37(19-17-31(33)9-1)47-41-14-6-7-15-42(41)48(38-20-18-32-10-2-4-12-34(32)26-38)44-28-35(21-23-43(44)47)39-22-24-46(49-29-39)40-27-36-13-5-8-16-45(36)50-30-40;1-17-15-23(19-9-5-3-6-10-19)21-13-14-22-24(20-11-7-4-8-12-20)16-18(2)28-26(22)25(21)27-17;1-3-7-17(8-4-1)19-13-15-25-23-21(19)11-12-22-20(14-16-26-24(22)23)18-9-5-2-6-10-18;1-2-3;/h1-30H;3-16H,1-2H3;1-16H;3H2,1H3;1H4. The molecule has 0 N–H and O–H groups in total. The van der Waals surface area contributed by atoms with Gasteiger partial charge in [0.05, 0.1) is 33.3 Å². The third kappa shape index (κ3) is 13.7. The van der Waals surface area contributed by atoms with Gasteiger partial charge >= 0.3 is 0 Å². The van der Waals surface area contributed by atoms with Crippen LogP contribution in [0.1, 0.15) is 18.8 Å². The first-order chi connectivity index (χ1) is 52.8. The molecular weight excluding hydrogens is 1330 g/mol. The van der Waals surface area contributed by atoms with Crippen molar-refractivity contribution in [2.45, 2.75) is 28.1 Å². The monoisotopic (exact) mass is 1400 g/mol. The van der Waals surface area contributed by atoms with Crippen LogP contribution in [-0.2, 0) is 0 Å². The van der Waals surface area contributed by atoms with Crippen molar-refractivity contribution >= 4 is 114 Å². The van der Waals surface area contributed by atoms with E-state index < -0.39 is 0 Å². The number of nitrogens with zero attached hydrogens (tertiary/aromatic N) is 6. The number of fused-ring (bicyclic) bond motifs is 11. The van der Waals surface area contributed by atoms with Crippen molar-refractivity contribution in [2.75, 3.05) is 0 Å². The first kappa shape index (κ1) is 69.2. The lowest BCUT2D eigenvalue weighted by molar-refractivity contribution is 1.23. The topological polar surface area (TPSA) is 77.3 Å². The third-order valence-electron chi connectivity index (χ3n) is 20.1. The van der Waals surface area contributed by atoms with Crippen molar-refractivity contribution in [1.29, 1.82) is 0 Å². The zero-order valence-corrected chi connectivity index (χ0v) is 60.6. The van der Waals surface area contributed by atoms with Crippen LogP contribution in [0.2, 0.25) is 6.82 Å². The van der Waals surface area contributed by atoms with E-state index in [1.165, 1.54) is 110 Å². The normalized spacial score (nSPS) is 11.1. The molecular formula is C100H75BN6P. The Morgan fingerprint density at radius 3 is 1.08 bits per heavy atom. The summed E-state index contributed by atoms with van der Waals surface area (Å²) in [6, 6.07) is 120. The number of para-hydroxylation sites is 1. The van der Waals surface area contributed by atoms with Crippen molar-refractivity contribution in [3.8, 4) is 89.1 Å². The molecule has 8 heteroatoms. The first-order valence-corrected chi connectivity index (χ1v) is 36.9. The Morgan fingerprint density at radius 2 is 0.611 bits per heavy atom. The molecule has 20 aromatic rings. The van der Waals surface area contributed by atoms with Crippen LogP contribution in [-0.4, -0.2) is 36.9 Å². The van der Waals surface area contributed by atoms with Crippen LogP contribution in [0.5, 0.6) is 0 Å². The molecule has 0 aliphatic heterocycles. The molecule has 108 heavy (non-hydrogen) atoms. The number of aryl methyl sites for hydroxylation is 2. The van der Waals surface area contributed by atoms with E-state index in [4.69, 9.17) is 15.0 Å². The van der Waals surface area contributed by atoms with E-state index in [0.29, 0.717) is 0 Å². The van der Waals surface area contributed by atoms with E-state index >= 15 is 0 Å². The van der Waals surface area contributed by atoms with Gasteiger partial charge in [-0.2, -0.15) is 9.12 Å². The first-order valence-electron chi connectivity index (χ1n) is 36.2. The molecule has 0 aliphatic carbocycles. The number of hydrogen-bond donors (Lipinski definition) is 0. The summed E-state index contributed by atoms with van der Waals surface area (Å²) < 4.78 is 0. The van der Waals surface area contributed by atoms with Crippen LogP contribution in [0.3, 0.4) is 0 Å². The predicted octanol–water partition coefficient (Wildman–Crippen LogP) is 26.9. The van der Waals surface area contributed by atoms with Gasteiger partial charge in [0, 0.05) is 74.2 Å². The number of aromatic nitrogens is 6. The summed E-state index contributed by atoms with van der Waals surface area (Å²) in [6.45, 7) is 7.99. The Bertz CT molecular complexity index is 6500. The Balaban J connectivity index is 0.000000130. The van der Waals surface area contributed by atoms with Crippen LogP contribution < -0.4 is 0 Å². The molecule has 0 amide bonds. The Morgan fingerprint density at radius 1 is 0.250 bits per heavy atom. The zero-order chi connectivity index (χ0) is 72.2. The SMILES string of the molecule is C.C[B]P.Cc1cc(-c2ccccc2)c2ccc3c(-c4ccccc4)cc(C)nc3c2n1.c1ccc(-c2ccnc3c2ccc2c(-c4ccccc4)ccnc23)cc1.c1ccc2cc(-c3c4ccccc4c(-c4ccc5ccccc5c4)c4cc(-c5ccc(-c6cnc7ccccc7c6)nc5)ccc34)ccc2c1. The number of rotatable bonds is 8. The predicted molar refractivity (Wildman–Crippen MR) is 465 cm³/mol. The van der Waals surface area contributed by atoms with Crippen molar-refractivity contribution in [2.24, 2.45) is 0 Å². The van der Waals surface area contributed by atoms with Gasteiger partial charge in [0.25, 0.3) is 0 Å². The van der Waals surface area contributed by atoms with Gasteiger partial charge in [0.2, 0.25) is 0 Å². The van der Waals surface area contributed by atoms with Crippen LogP contribution >= 0.6 is 9.12 Å². The molecule has 14 aromatic carbocycles. The van der Waals surface area contributed by atoms with Crippen molar-refractivity contribution < 1.29 is 0 Å². The van der Waals surface area contributed by atoms with Crippen LogP contribution in [0.4, 0.5) is 0 Å². The molecule has 0 saturated heterocycles. The second kappa shape index (κ2) is 30.9. The van der Waals surface area contributed by atoms with E-state index in [-0.39, 0.29) is 7.43 Å². The Hall–Kier alpha value is -13.2. The van der Waals surface area contributed by atoms with Crippen molar-refractivity contribution in [3.63, 3.8) is 0 Å². The third-order valence-corrected chi connectivity index (χ3v) is 20.1. The fraction of sp³-hybridized carbons (Fsp3) is 0.0400. The highest BCUT2D eigenvalue weighted by atomic mass is 31.0. The molecule has 513 valence electrons. The fourth-order valence-electron chi connectivity index (χ4n) is 15.1. The fourth-order valence-corrected chi connectivity index (χ4v) is 15.1. The minimum Gasteiger partial charge on any atom is -0.256 e. The highest BCUT2D eigenvalue weighted by Gasteiger charge is 2.20. The van der Waals surface area contributed by atoms with Crippen LogP contribution in [0.15, 0.2) is 365 Å². The molecule has 20 rings (SSSR count). The van der Waals surface area contributed by atoms with E-state index in [0.717, 1.165) is 88.3 Å². The molecule has 0 aliphatic rings. The smallest absolute Gasteiger partial charge is 0.134 e. The molecule has 1 unspecified atom stereocenters. The molecule has 0 fully saturated rings. The largest absolute Gasteiger partial charge is 0.256 e. The Labute approximate surface area is 632 Å². The van der Waals surface area contributed by atoms with Crippen LogP contribution in [0.25, 0.3) is 187 Å². The summed E-state index contributed by atoms with van der Waals surface area (Å²) >= 11 is 0. The van der Waals surface area contributed by atoms with E-state index in [1.54, 1.807) is 0 Å². The highest BCUT2D eigenvalue weighted by molar-refractivity contribution is 7.55. The van der Waals surface area contributed by atoms with E-state index in [1.807, 2.05) is 81.1 Å². The lowest BCUT2D eigenvalue weighted by Crippen LogP contribution is -1.94. The lowest BCUT2D eigenvalue weighted by Gasteiger charge is -2.19. The van der Waals surface area contributed by atoms with E-state index in [9.17, 15) is 0 Å². The lowest BCUT2D eigenvalue weighted by atomic mass is 9.84. The number of benzene rings is 14. The maximum Gasteiger partial charge on any atom is 0.134 e. The summed E-state index contributed by atoms with van der Waals surface area (Å²) in [4.78, 5) is 28.7. The molecule has 6 heterocycles. The molecule has 0 bridgehead atoms. The quantitative estimate of drug-likeness (QED) is 0.0653. The van der Waals surface area contributed by atoms with Gasteiger partial charge in [-0.3, -0.25) is 29.9 Å². The van der Waals surface area contributed by atoms with Crippen molar-refractivity contribution in [3.05, 3.63) is 376 Å². The number of hydrogen-bond acceptors (Lipinski definition) is 6. The zero-order valence-electron chi connectivity index (χ0n) is 59.5. The molecule has 1 atom stereocenters. The maximum atomic E-state index is 4.93. The summed E-state index contributed by atoms with van der Waals surface area (Å²) in [5.74, 6) is 0. The van der Waals surface area contributed by atoms with Gasteiger partial charge in [-0.15, -0.1) is 0 Å². The number of pyridine rings is 6. The average Bonchev–Trinajstić information content (AvgIpc) is 0.736. The van der Waals surface area contributed by atoms with Gasteiger partial charge in [-0.1, -0.05) is 293 Å². The van der Waals surface area contributed by atoms with Gasteiger partial charge in [-0.25, -0.2) is 0 Å². The van der Waals surface area contributed by atoms with Crippen LogP contribution in [0, 0.1) is 13.8 Å². The Kier molecular flexibility index (Phi) is 19.8. The minimum absolute atomic E-state index is 0.